The van der Waals surface area contributed by atoms with Crippen molar-refractivity contribution in [3.8, 4) is 22.8 Å². The topological polar surface area (TPSA) is 44.2 Å². The molecule has 0 amide bonds. The summed E-state index contributed by atoms with van der Waals surface area (Å²) in [5, 5.41) is 0. The molecule has 0 aliphatic rings. The van der Waals surface area contributed by atoms with Crippen LogP contribution in [0.1, 0.15) is 65.2 Å². The monoisotopic (exact) mass is 406 g/mol. The summed E-state index contributed by atoms with van der Waals surface area (Å²) in [4.78, 5) is 9.32. The van der Waals surface area contributed by atoms with Crippen molar-refractivity contribution in [2.24, 2.45) is 0 Å². The smallest absolute Gasteiger partial charge is 0.161 e. The third-order valence-corrected chi connectivity index (χ3v) is 5.20. The number of para-hydroxylation sites is 2. The van der Waals surface area contributed by atoms with Crippen molar-refractivity contribution in [3.05, 3.63) is 48.7 Å². The van der Waals surface area contributed by atoms with Crippen molar-refractivity contribution in [1.29, 1.82) is 0 Å². The van der Waals surface area contributed by atoms with E-state index in [1.807, 2.05) is 48.7 Å². The molecule has 0 spiro atoms. The fourth-order valence-corrected chi connectivity index (χ4v) is 3.42. The Morgan fingerprint density at radius 2 is 1.37 bits per heavy atom. The molecule has 0 aliphatic heterocycles. The van der Waals surface area contributed by atoms with Crippen molar-refractivity contribution < 1.29 is 9.47 Å². The molecule has 4 nitrogen and oxygen atoms in total. The Balaban J connectivity index is 1.75. The molecule has 0 atom stereocenters. The number of nitrogens with zero attached hydrogens (tertiary/aromatic N) is 2. The lowest BCUT2D eigenvalue weighted by Crippen LogP contribution is -2.03. The molecule has 0 bridgehead atoms. The first-order valence-electron chi connectivity index (χ1n) is 11.4. The normalized spacial score (nSPS) is 11.0. The molecule has 3 rings (SSSR count). The molecule has 0 saturated heterocycles. The van der Waals surface area contributed by atoms with E-state index in [0.717, 1.165) is 53.2 Å². The number of benzene rings is 2. The van der Waals surface area contributed by atoms with Gasteiger partial charge in [0, 0.05) is 5.56 Å². The first kappa shape index (κ1) is 22.1. The molecule has 0 unspecified atom stereocenters. The zero-order valence-electron chi connectivity index (χ0n) is 18.4. The largest absolute Gasteiger partial charge is 0.490 e. The number of aromatic nitrogens is 2. The molecule has 4 heteroatoms. The van der Waals surface area contributed by atoms with E-state index >= 15 is 0 Å². The minimum atomic E-state index is 0.707. The molecule has 160 valence electrons. The van der Waals surface area contributed by atoms with Crippen LogP contribution in [0.15, 0.2) is 48.7 Å². The van der Waals surface area contributed by atoms with E-state index < -0.39 is 0 Å². The molecule has 0 radical (unpaired) electrons. The maximum atomic E-state index is 6.14. The summed E-state index contributed by atoms with van der Waals surface area (Å²) in [7, 11) is 0. The Labute approximate surface area is 180 Å². The molecular formula is C26H34N2O2. The Morgan fingerprint density at radius 1 is 0.700 bits per heavy atom. The molecule has 3 aromatic rings. The van der Waals surface area contributed by atoms with E-state index in [-0.39, 0.29) is 0 Å². The maximum absolute atomic E-state index is 6.14. The molecule has 0 fully saturated rings. The van der Waals surface area contributed by atoms with Crippen LogP contribution in [0.2, 0.25) is 0 Å². The zero-order chi connectivity index (χ0) is 21.0. The highest BCUT2D eigenvalue weighted by atomic mass is 16.5. The molecule has 0 N–H and O–H groups in total. The van der Waals surface area contributed by atoms with Crippen LogP contribution in [0, 0.1) is 0 Å². The summed E-state index contributed by atoms with van der Waals surface area (Å²) in [5.41, 5.74) is 3.64. The molecule has 1 aromatic heterocycles. The van der Waals surface area contributed by atoms with Gasteiger partial charge >= 0.3 is 0 Å². The van der Waals surface area contributed by atoms with Crippen LogP contribution in [-0.4, -0.2) is 23.2 Å². The van der Waals surface area contributed by atoms with Gasteiger partial charge in [0.15, 0.2) is 11.5 Å². The summed E-state index contributed by atoms with van der Waals surface area (Å²) in [6, 6.07) is 14.0. The number of fused-ring (bicyclic) bond motifs is 1. The van der Waals surface area contributed by atoms with Gasteiger partial charge in [-0.3, -0.25) is 4.98 Å². The van der Waals surface area contributed by atoms with Crippen molar-refractivity contribution in [2.45, 2.75) is 65.2 Å². The summed E-state index contributed by atoms with van der Waals surface area (Å²) < 4.78 is 12.2. The molecule has 0 aliphatic carbocycles. The lowest BCUT2D eigenvalue weighted by molar-refractivity contribution is 0.259. The third-order valence-electron chi connectivity index (χ3n) is 5.20. The predicted octanol–water partition coefficient (Wildman–Crippen LogP) is 7.22. The lowest BCUT2D eigenvalue weighted by atomic mass is 10.1. The second-order valence-corrected chi connectivity index (χ2v) is 7.72. The minimum absolute atomic E-state index is 0.707. The highest BCUT2D eigenvalue weighted by Gasteiger charge is 2.10. The highest BCUT2D eigenvalue weighted by molar-refractivity contribution is 5.77. The zero-order valence-corrected chi connectivity index (χ0v) is 18.4. The van der Waals surface area contributed by atoms with Crippen molar-refractivity contribution >= 4 is 11.0 Å². The van der Waals surface area contributed by atoms with Crippen LogP contribution < -0.4 is 9.47 Å². The molecule has 0 saturated carbocycles. The van der Waals surface area contributed by atoms with E-state index in [2.05, 4.69) is 18.8 Å². The van der Waals surface area contributed by atoms with Gasteiger partial charge in [-0.25, -0.2) is 4.98 Å². The van der Waals surface area contributed by atoms with Gasteiger partial charge in [0.25, 0.3) is 0 Å². The average Bonchev–Trinajstić information content (AvgIpc) is 2.79. The second kappa shape index (κ2) is 12.2. The summed E-state index contributed by atoms with van der Waals surface area (Å²) in [6.45, 7) is 5.87. The van der Waals surface area contributed by atoms with Crippen LogP contribution in [0.5, 0.6) is 11.5 Å². The van der Waals surface area contributed by atoms with Gasteiger partial charge in [-0.2, -0.15) is 0 Å². The summed E-state index contributed by atoms with van der Waals surface area (Å²) in [5.74, 6) is 1.62. The van der Waals surface area contributed by atoms with Gasteiger partial charge in [-0.15, -0.1) is 0 Å². The van der Waals surface area contributed by atoms with Crippen LogP contribution in [0.3, 0.4) is 0 Å². The molecular weight excluding hydrogens is 372 g/mol. The Kier molecular flexibility index (Phi) is 8.95. The molecule has 2 aromatic carbocycles. The van der Waals surface area contributed by atoms with Gasteiger partial charge in [-0.05, 0) is 43.2 Å². The van der Waals surface area contributed by atoms with Crippen molar-refractivity contribution in [3.63, 3.8) is 0 Å². The summed E-state index contributed by atoms with van der Waals surface area (Å²) in [6.07, 6.45) is 11.3. The van der Waals surface area contributed by atoms with Crippen LogP contribution in [-0.2, 0) is 0 Å². The van der Waals surface area contributed by atoms with Crippen LogP contribution >= 0.6 is 0 Å². The highest BCUT2D eigenvalue weighted by Crippen LogP contribution is 2.33. The van der Waals surface area contributed by atoms with Crippen molar-refractivity contribution in [2.75, 3.05) is 13.2 Å². The van der Waals surface area contributed by atoms with Gasteiger partial charge in [0.2, 0.25) is 0 Å². The standard InChI is InChI=1S/C26H34N2O2/c1-3-5-7-11-17-29-25-16-15-21(19-26(25)30-18-12-8-6-4-2)24-20-27-22-13-9-10-14-23(22)28-24/h9-10,13-16,19-20H,3-8,11-12,17-18H2,1-2H3. The second-order valence-electron chi connectivity index (χ2n) is 7.72. The summed E-state index contributed by atoms with van der Waals surface area (Å²) >= 11 is 0. The number of unbranched alkanes of at least 4 members (excludes halogenated alkanes) is 6. The third kappa shape index (κ3) is 6.45. The first-order chi connectivity index (χ1) is 14.8. The van der Waals surface area contributed by atoms with Gasteiger partial charge in [-0.1, -0.05) is 64.5 Å². The SMILES string of the molecule is CCCCCCOc1ccc(-c2cnc3ccccc3n2)cc1OCCCCCC. The fourth-order valence-electron chi connectivity index (χ4n) is 3.42. The maximum Gasteiger partial charge on any atom is 0.161 e. The molecule has 1 heterocycles. The van der Waals surface area contributed by atoms with E-state index in [0.29, 0.717) is 6.61 Å². The van der Waals surface area contributed by atoms with Gasteiger partial charge in [0.1, 0.15) is 0 Å². The lowest BCUT2D eigenvalue weighted by Gasteiger charge is -2.14. The Morgan fingerprint density at radius 3 is 2.07 bits per heavy atom. The molecule has 30 heavy (non-hydrogen) atoms. The Hall–Kier alpha value is -2.62. The van der Waals surface area contributed by atoms with Crippen LogP contribution in [0.4, 0.5) is 0 Å². The fraction of sp³-hybridized carbons (Fsp3) is 0.462. The van der Waals surface area contributed by atoms with E-state index in [4.69, 9.17) is 14.5 Å². The number of hydrogen-bond acceptors (Lipinski definition) is 4. The van der Waals surface area contributed by atoms with Crippen molar-refractivity contribution in [1.82, 2.24) is 9.97 Å². The number of rotatable bonds is 13. The average molecular weight is 407 g/mol. The van der Waals surface area contributed by atoms with Gasteiger partial charge in [0.05, 0.1) is 36.1 Å². The number of ether oxygens (including phenoxy) is 2. The van der Waals surface area contributed by atoms with E-state index in [1.54, 1.807) is 0 Å². The quantitative estimate of drug-likeness (QED) is 0.281. The number of hydrogen-bond donors (Lipinski definition) is 0. The first-order valence-corrected chi connectivity index (χ1v) is 11.4. The van der Waals surface area contributed by atoms with E-state index in [1.165, 1.54) is 38.5 Å². The Bertz CT molecular complexity index is 910. The minimum Gasteiger partial charge on any atom is -0.490 e. The van der Waals surface area contributed by atoms with Gasteiger partial charge < -0.3 is 9.47 Å². The van der Waals surface area contributed by atoms with Crippen LogP contribution in [0.25, 0.3) is 22.3 Å². The predicted molar refractivity (Wildman–Crippen MR) is 124 cm³/mol. The van der Waals surface area contributed by atoms with E-state index in [9.17, 15) is 0 Å².